The zero-order valence-corrected chi connectivity index (χ0v) is 7.92. The summed E-state index contributed by atoms with van der Waals surface area (Å²) in [5, 5.41) is 26.6. The van der Waals surface area contributed by atoms with Crippen LogP contribution in [0.15, 0.2) is 12.3 Å². The first kappa shape index (κ1) is 9.96. The fraction of sp³-hybridized carbons (Fsp3) is 0.333. The van der Waals surface area contributed by atoms with Gasteiger partial charge in [-0.2, -0.15) is 5.26 Å². The molecular weight excluding hydrogens is 195 g/mol. The van der Waals surface area contributed by atoms with Crippen LogP contribution in [0.5, 0.6) is 5.88 Å². The Morgan fingerprint density at radius 3 is 2.80 bits per heavy atom. The van der Waals surface area contributed by atoms with Crippen LogP contribution in [0.1, 0.15) is 18.4 Å². The second kappa shape index (κ2) is 3.89. The summed E-state index contributed by atoms with van der Waals surface area (Å²) in [7, 11) is -1.61. The largest absolute Gasteiger partial charge is 0.490 e. The molecule has 0 aromatic carbocycles. The highest BCUT2D eigenvalue weighted by atomic mass is 16.5. The summed E-state index contributed by atoms with van der Waals surface area (Å²) >= 11 is 0. The van der Waals surface area contributed by atoms with Crippen LogP contribution >= 0.6 is 0 Å². The molecule has 1 aliphatic carbocycles. The molecule has 1 fully saturated rings. The van der Waals surface area contributed by atoms with Crippen LogP contribution in [0.25, 0.3) is 0 Å². The van der Waals surface area contributed by atoms with E-state index in [1.54, 1.807) is 0 Å². The van der Waals surface area contributed by atoms with E-state index >= 15 is 0 Å². The summed E-state index contributed by atoms with van der Waals surface area (Å²) in [6, 6.07) is 3.28. The summed E-state index contributed by atoms with van der Waals surface area (Å²) in [4.78, 5) is 3.89. The number of nitriles is 1. The van der Waals surface area contributed by atoms with Gasteiger partial charge in [0.25, 0.3) is 0 Å². The van der Waals surface area contributed by atoms with E-state index in [1.807, 2.05) is 6.07 Å². The molecule has 0 unspecified atom stereocenters. The van der Waals surface area contributed by atoms with Crippen LogP contribution in [0.4, 0.5) is 0 Å². The Kier molecular flexibility index (Phi) is 2.58. The average Bonchev–Trinajstić information content (AvgIpc) is 3.02. The van der Waals surface area contributed by atoms with Gasteiger partial charge in [-0.05, 0) is 18.9 Å². The lowest BCUT2D eigenvalue weighted by atomic mass is 9.81. The Balaban J connectivity index is 2.26. The molecule has 0 aliphatic heterocycles. The molecule has 0 bridgehead atoms. The smallest absolute Gasteiger partial charge is 0.473 e. The molecule has 0 amide bonds. The molecule has 1 aliphatic rings. The summed E-state index contributed by atoms with van der Waals surface area (Å²) in [5.74, 6) is 0.268. The molecule has 1 saturated carbocycles. The number of hydrogen-bond acceptors (Lipinski definition) is 5. The lowest BCUT2D eigenvalue weighted by molar-refractivity contribution is 0.290. The minimum absolute atomic E-state index is 0.162. The highest BCUT2D eigenvalue weighted by Crippen LogP contribution is 2.26. The number of aromatic nitrogens is 1. The minimum atomic E-state index is -1.61. The molecular formula is C9H9BN2O3. The molecule has 1 aromatic rings. The van der Waals surface area contributed by atoms with Crippen molar-refractivity contribution in [1.82, 2.24) is 4.98 Å². The van der Waals surface area contributed by atoms with Crippen molar-refractivity contribution in [2.75, 3.05) is 0 Å². The third kappa shape index (κ3) is 2.26. The zero-order valence-electron chi connectivity index (χ0n) is 7.92. The number of ether oxygens (including phenoxy) is 1. The Morgan fingerprint density at radius 1 is 1.53 bits per heavy atom. The maximum Gasteiger partial charge on any atom is 0.490 e. The van der Waals surface area contributed by atoms with Crippen LogP contribution in [0, 0.1) is 11.3 Å². The summed E-state index contributed by atoms with van der Waals surface area (Å²) < 4.78 is 5.39. The normalized spacial score (nSPS) is 14.5. The van der Waals surface area contributed by atoms with Gasteiger partial charge in [-0.25, -0.2) is 4.98 Å². The first-order chi connectivity index (χ1) is 7.20. The standard InChI is InChI=1S/C9H9BN2O3/c11-4-6-3-7(10(13)14)5-12-9(6)15-8-1-2-8/h3,5,8,13-14H,1-2H2. The molecule has 1 heterocycles. The molecule has 15 heavy (non-hydrogen) atoms. The minimum Gasteiger partial charge on any atom is -0.473 e. The van der Waals surface area contributed by atoms with E-state index in [-0.39, 0.29) is 23.0 Å². The van der Waals surface area contributed by atoms with Gasteiger partial charge >= 0.3 is 7.12 Å². The quantitative estimate of drug-likeness (QED) is 0.627. The van der Waals surface area contributed by atoms with Crippen LogP contribution in [0.3, 0.4) is 0 Å². The maximum absolute atomic E-state index is 8.89. The van der Waals surface area contributed by atoms with Crippen molar-refractivity contribution in [2.24, 2.45) is 0 Å². The van der Waals surface area contributed by atoms with Gasteiger partial charge in [0.05, 0.1) is 0 Å². The van der Waals surface area contributed by atoms with Gasteiger partial charge in [0.15, 0.2) is 0 Å². The fourth-order valence-corrected chi connectivity index (χ4v) is 1.13. The van der Waals surface area contributed by atoms with Crippen molar-refractivity contribution >= 4 is 12.6 Å². The monoisotopic (exact) mass is 204 g/mol. The van der Waals surface area contributed by atoms with Gasteiger partial charge in [0.2, 0.25) is 5.88 Å². The SMILES string of the molecule is N#Cc1cc(B(O)O)cnc1OC1CC1. The van der Waals surface area contributed by atoms with Gasteiger partial charge in [0.1, 0.15) is 17.7 Å². The Labute approximate surface area is 87.1 Å². The van der Waals surface area contributed by atoms with Crippen molar-refractivity contribution in [2.45, 2.75) is 18.9 Å². The van der Waals surface area contributed by atoms with Gasteiger partial charge in [-0.3, -0.25) is 0 Å². The Morgan fingerprint density at radius 2 is 2.27 bits per heavy atom. The van der Waals surface area contributed by atoms with Crippen LogP contribution in [-0.4, -0.2) is 28.3 Å². The highest BCUT2D eigenvalue weighted by molar-refractivity contribution is 6.58. The van der Waals surface area contributed by atoms with Gasteiger partial charge in [-0.1, -0.05) is 0 Å². The summed E-state index contributed by atoms with van der Waals surface area (Å²) in [6.45, 7) is 0. The molecule has 0 saturated heterocycles. The predicted molar refractivity (Wildman–Crippen MR) is 52.4 cm³/mol. The number of hydrogen-bond donors (Lipinski definition) is 2. The third-order valence-corrected chi connectivity index (χ3v) is 2.09. The van der Waals surface area contributed by atoms with E-state index in [9.17, 15) is 0 Å². The second-order valence-corrected chi connectivity index (χ2v) is 3.42. The van der Waals surface area contributed by atoms with Gasteiger partial charge < -0.3 is 14.8 Å². The van der Waals surface area contributed by atoms with Crippen molar-refractivity contribution in [3.63, 3.8) is 0 Å². The van der Waals surface area contributed by atoms with E-state index in [4.69, 9.17) is 20.0 Å². The van der Waals surface area contributed by atoms with Crippen LogP contribution in [-0.2, 0) is 0 Å². The zero-order chi connectivity index (χ0) is 10.8. The predicted octanol–water partition coefficient (Wildman–Crippen LogP) is -0.826. The van der Waals surface area contributed by atoms with Crippen molar-refractivity contribution in [3.05, 3.63) is 17.8 Å². The van der Waals surface area contributed by atoms with E-state index < -0.39 is 7.12 Å². The Bertz CT molecular complexity index is 412. The molecule has 76 valence electrons. The van der Waals surface area contributed by atoms with Crippen molar-refractivity contribution in [1.29, 1.82) is 5.26 Å². The second-order valence-electron chi connectivity index (χ2n) is 3.42. The van der Waals surface area contributed by atoms with Crippen molar-refractivity contribution in [3.8, 4) is 11.9 Å². The fourth-order valence-electron chi connectivity index (χ4n) is 1.13. The van der Waals surface area contributed by atoms with E-state index in [1.165, 1.54) is 12.3 Å². The molecule has 0 atom stereocenters. The molecule has 0 spiro atoms. The lowest BCUT2D eigenvalue weighted by Crippen LogP contribution is -2.30. The van der Waals surface area contributed by atoms with E-state index in [0.717, 1.165) is 12.8 Å². The number of nitrogens with zero attached hydrogens (tertiary/aromatic N) is 2. The molecule has 0 radical (unpaired) electrons. The first-order valence-electron chi connectivity index (χ1n) is 4.63. The molecule has 6 heteroatoms. The highest BCUT2D eigenvalue weighted by Gasteiger charge is 2.26. The van der Waals surface area contributed by atoms with Gasteiger partial charge in [0, 0.05) is 11.7 Å². The topological polar surface area (TPSA) is 86.4 Å². The first-order valence-corrected chi connectivity index (χ1v) is 4.63. The maximum atomic E-state index is 8.89. The lowest BCUT2D eigenvalue weighted by Gasteiger charge is -2.06. The third-order valence-electron chi connectivity index (χ3n) is 2.09. The summed E-state index contributed by atoms with van der Waals surface area (Å²) in [6.07, 6.45) is 3.42. The number of pyridine rings is 1. The summed E-state index contributed by atoms with van der Waals surface area (Å²) in [5.41, 5.74) is 0.419. The molecule has 2 rings (SSSR count). The van der Waals surface area contributed by atoms with E-state index in [2.05, 4.69) is 4.98 Å². The number of rotatable bonds is 3. The van der Waals surface area contributed by atoms with E-state index in [0.29, 0.717) is 0 Å². The molecule has 2 N–H and O–H groups in total. The Hall–Kier alpha value is -1.58. The van der Waals surface area contributed by atoms with Gasteiger partial charge in [-0.15, -0.1) is 0 Å². The van der Waals surface area contributed by atoms with Crippen molar-refractivity contribution < 1.29 is 14.8 Å². The van der Waals surface area contributed by atoms with Crippen LogP contribution < -0.4 is 10.2 Å². The molecule has 5 nitrogen and oxygen atoms in total. The molecule has 1 aromatic heterocycles. The average molecular weight is 204 g/mol. The van der Waals surface area contributed by atoms with Crippen LogP contribution in [0.2, 0.25) is 0 Å².